The molecule has 5 rings (SSSR count). The molecular formula is C17H14N4O3. The Balaban J connectivity index is 1.63. The number of imidazole rings is 2. The van der Waals surface area contributed by atoms with Gasteiger partial charge < -0.3 is 24.4 Å². The van der Waals surface area contributed by atoms with E-state index in [-0.39, 0.29) is 5.69 Å². The standard InChI is InChI=1S/C17H14N4O3/c22-17-20-12-7-10-11(8-13(12)21-17)19-16(18-10)9-2-3-14-15(6-9)24-5-1-4-23-14/h2-3,6-8H,1,4-5H2,(H,18,19)(H2,20,21,22). The number of H-pyrrole nitrogens is 3. The van der Waals surface area contributed by atoms with Crippen LogP contribution < -0.4 is 15.2 Å². The highest BCUT2D eigenvalue weighted by molar-refractivity contribution is 5.92. The SMILES string of the molecule is O=c1[nH]c2cc3nc(-c4ccc5c(c4)OCCCO5)[nH]c3cc2[nH]1. The first-order chi connectivity index (χ1) is 11.8. The van der Waals surface area contributed by atoms with Gasteiger partial charge in [-0.3, -0.25) is 0 Å². The van der Waals surface area contributed by atoms with Crippen molar-refractivity contribution in [3.8, 4) is 22.9 Å². The van der Waals surface area contributed by atoms with Crippen molar-refractivity contribution in [2.24, 2.45) is 0 Å². The van der Waals surface area contributed by atoms with Crippen molar-refractivity contribution in [1.82, 2.24) is 19.9 Å². The van der Waals surface area contributed by atoms with E-state index in [1.165, 1.54) is 0 Å². The molecule has 120 valence electrons. The monoisotopic (exact) mass is 322 g/mol. The number of aromatic nitrogens is 4. The zero-order valence-electron chi connectivity index (χ0n) is 12.7. The molecule has 7 heteroatoms. The maximum Gasteiger partial charge on any atom is 0.323 e. The molecule has 2 aromatic heterocycles. The number of aromatic amines is 3. The van der Waals surface area contributed by atoms with E-state index in [4.69, 9.17) is 9.47 Å². The Kier molecular flexibility index (Phi) is 2.70. The highest BCUT2D eigenvalue weighted by atomic mass is 16.5. The largest absolute Gasteiger partial charge is 0.490 e. The van der Waals surface area contributed by atoms with E-state index in [2.05, 4.69) is 19.9 Å². The minimum atomic E-state index is -0.222. The van der Waals surface area contributed by atoms with Gasteiger partial charge in [-0.1, -0.05) is 0 Å². The van der Waals surface area contributed by atoms with Crippen molar-refractivity contribution in [3.63, 3.8) is 0 Å². The van der Waals surface area contributed by atoms with Crippen LogP contribution >= 0.6 is 0 Å². The zero-order chi connectivity index (χ0) is 16.1. The van der Waals surface area contributed by atoms with Crippen LogP contribution in [0.1, 0.15) is 6.42 Å². The molecule has 0 fully saturated rings. The Labute approximate surface area is 135 Å². The molecule has 0 amide bonds. The lowest BCUT2D eigenvalue weighted by molar-refractivity contribution is 0.297. The molecular weight excluding hydrogens is 308 g/mol. The fraction of sp³-hybridized carbons (Fsp3) is 0.176. The molecule has 7 nitrogen and oxygen atoms in total. The van der Waals surface area contributed by atoms with Gasteiger partial charge in [0.05, 0.1) is 35.3 Å². The molecule has 0 atom stereocenters. The first kappa shape index (κ1) is 13.2. The van der Waals surface area contributed by atoms with E-state index in [0.29, 0.717) is 13.2 Å². The third-order valence-corrected chi connectivity index (χ3v) is 4.14. The van der Waals surface area contributed by atoms with E-state index in [1.54, 1.807) is 0 Å². The second-order valence-corrected chi connectivity index (χ2v) is 5.79. The van der Waals surface area contributed by atoms with Crippen LogP contribution in [-0.2, 0) is 0 Å². The van der Waals surface area contributed by atoms with Crippen LogP contribution in [-0.4, -0.2) is 33.1 Å². The second kappa shape index (κ2) is 4.89. The third-order valence-electron chi connectivity index (χ3n) is 4.14. The normalized spacial score (nSPS) is 14.2. The van der Waals surface area contributed by atoms with Crippen LogP contribution in [0.4, 0.5) is 0 Å². The average Bonchev–Trinajstić information content (AvgIpc) is 3.05. The lowest BCUT2D eigenvalue weighted by atomic mass is 10.2. The Morgan fingerprint density at radius 1 is 0.875 bits per heavy atom. The molecule has 0 radical (unpaired) electrons. The summed E-state index contributed by atoms with van der Waals surface area (Å²) in [6.45, 7) is 1.32. The molecule has 0 saturated heterocycles. The summed E-state index contributed by atoms with van der Waals surface area (Å²) in [6, 6.07) is 9.53. The highest BCUT2D eigenvalue weighted by Crippen LogP contribution is 2.34. The van der Waals surface area contributed by atoms with Crippen LogP contribution in [0.2, 0.25) is 0 Å². The number of rotatable bonds is 1. The summed E-state index contributed by atoms with van der Waals surface area (Å²) in [5.41, 5.74) is 3.85. The van der Waals surface area contributed by atoms with Crippen LogP contribution in [0.25, 0.3) is 33.5 Å². The number of nitrogens with zero attached hydrogens (tertiary/aromatic N) is 1. The average molecular weight is 322 g/mol. The van der Waals surface area contributed by atoms with Crippen molar-refractivity contribution < 1.29 is 9.47 Å². The van der Waals surface area contributed by atoms with Gasteiger partial charge in [-0.25, -0.2) is 9.78 Å². The molecule has 1 aliphatic heterocycles. The van der Waals surface area contributed by atoms with Gasteiger partial charge in [-0.05, 0) is 30.3 Å². The van der Waals surface area contributed by atoms with Crippen molar-refractivity contribution in [3.05, 3.63) is 40.8 Å². The van der Waals surface area contributed by atoms with Gasteiger partial charge in [0.25, 0.3) is 0 Å². The van der Waals surface area contributed by atoms with E-state index in [0.717, 1.165) is 51.4 Å². The summed E-state index contributed by atoms with van der Waals surface area (Å²) in [4.78, 5) is 24.8. The number of benzene rings is 2. The Morgan fingerprint density at radius 3 is 2.54 bits per heavy atom. The van der Waals surface area contributed by atoms with Gasteiger partial charge in [-0.2, -0.15) is 0 Å². The summed E-state index contributed by atoms with van der Waals surface area (Å²) in [6.07, 6.45) is 0.874. The van der Waals surface area contributed by atoms with Gasteiger partial charge in [0.15, 0.2) is 11.5 Å². The summed E-state index contributed by atoms with van der Waals surface area (Å²) in [5.74, 6) is 2.25. The van der Waals surface area contributed by atoms with Crippen LogP contribution in [0.3, 0.4) is 0 Å². The van der Waals surface area contributed by atoms with E-state index < -0.39 is 0 Å². The molecule has 24 heavy (non-hydrogen) atoms. The predicted molar refractivity (Wildman–Crippen MR) is 89.6 cm³/mol. The van der Waals surface area contributed by atoms with Crippen molar-refractivity contribution >= 4 is 22.1 Å². The number of fused-ring (bicyclic) bond motifs is 3. The van der Waals surface area contributed by atoms with Crippen molar-refractivity contribution in [2.45, 2.75) is 6.42 Å². The van der Waals surface area contributed by atoms with Gasteiger partial charge in [0.2, 0.25) is 0 Å². The fourth-order valence-electron chi connectivity index (χ4n) is 2.99. The molecule has 0 bridgehead atoms. The van der Waals surface area contributed by atoms with Gasteiger partial charge >= 0.3 is 5.69 Å². The zero-order valence-corrected chi connectivity index (χ0v) is 12.7. The quantitative estimate of drug-likeness (QED) is 0.502. The van der Waals surface area contributed by atoms with Crippen LogP contribution in [0, 0.1) is 0 Å². The molecule has 0 saturated carbocycles. The highest BCUT2D eigenvalue weighted by Gasteiger charge is 2.14. The summed E-state index contributed by atoms with van der Waals surface area (Å²) in [7, 11) is 0. The van der Waals surface area contributed by atoms with Gasteiger partial charge in [0, 0.05) is 12.0 Å². The van der Waals surface area contributed by atoms with Gasteiger partial charge in [0.1, 0.15) is 5.82 Å². The Hall–Kier alpha value is -3.22. The summed E-state index contributed by atoms with van der Waals surface area (Å²) < 4.78 is 11.4. The van der Waals surface area contributed by atoms with Crippen LogP contribution in [0.15, 0.2) is 35.1 Å². The molecule has 1 aliphatic rings. The molecule has 3 heterocycles. The van der Waals surface area contributed by atoms with Crippen LogP contribution in [0.5, 0.6) is 11.5 Å². The number of ether oxygens (including phenoxy) is 2. The van der Waals surface area contributed by atoms with Gasteiger partial charge in [-0.15, -0.1) is 0 Å². The molecule has 4 aromatic rings. The number of nitrogens with one attached hydrogen (secondary N) is 3. The molecule has 0 spiro atoms. The minimum absolute atomic E-state index is 0.222. The third kappa shape index (κ3) is 2.05. The second-order valence-electron chi connectivity index (χ2n) is 5.79. The van der Waals surface area contributed by atoms with Crippen molar-refractivity contribution in [1.29, 1.82) is 0 Å². The molecule has 2 aromatic carbocycles. The molecule has 0 unspecified atom stereocenters. The maximum atomic E-state index is 11.4. The smallest absolute Gasteiger partial charge is 0.323 e. The minimum Gasteiger partial charge on any atom is -0.490 e. The fourth-order valence-corrected chi connectivity index (χ4v) is 2.99. The van der Waals surface area contributed by atoms with E-state index in [1.807, 2.05) is 30.3 Å². The summed E-state index contributed by atoms with van der Waals surface area (Å²) in [5, 5.41) is 0. The van der Waals surface area contributed by atoms with Crippen molar-refractivity contribution in [2.75, 3.05) is 13.2 Å². The first-order valence-corrected chi connectivity index (χ1v) is 7.78. The lowest BCUT2D eigenvalue weighted by Crippen LogP contribution is -1.99. The topological polar surface area (TPSA) is 95.8 Å². The lowest BCUT2D eigenvalue weighted by Gasteiger charge is -2.07. The number of hydrogen-bond donors (Lipinski definition) is 3. The summed E-state index contributed by atoms with van der Waals surface area (Å²) >= 11 is 0. The Morgan fingerprint density at radius 2 is 1.67 bits per heavy atom. The molecule has 3 N–H and O–H groups in total. The van der Waals surface area contributed by atoms with E-state index in [9.17, 15) is 4.79 Å². The molecule has 0 aliphatic carbocycles. The Bertz CT molecular complexity index is 1070. The predicted octanol–water partition coefficient (Wildman–Crippen LogP) is 2.56. The number of hydrogen-bond acceptors (Lipinski definition) is 4. The maximum absolute atomic E-state index is 11.4. The van der Waals surface area contributed by atoms with E-state index >= 15 is 0 Å². The first-order valence-electron chi connectivity index (χ1n) is 7.78.